The zero-order valence-corrected chi connectivity index (χ0v) is 9.35. The van der Waals surface area contributed by atoms with Gasteiger partial charge in [-0.1, -0.05) is 0 Å². The Hall–Kier alpha value is -1.47. The summed E-state index contributed by atoms with van der Waals surface area (Å²) < 4.78 is 18.0. The molecule has 0 saturated carbocycles. The predicted octanol–water partition coefficient (Wildman–Crippen LogP) is -1.07. The third kappa shape index (κ3) is 4.85. The summed E-state index contributed by atoms with van der Waals surface area (Å²) in [5.41, 5.74) is 0. The number of methoxy groups -OCH3 is 3. The highest BCUT2D eigenvalue weighted by Gasteiger charge is 2.30. The van der Waals surface area contributed by atoms with Crippen molar-refractivity contribution in [3.63, 3.8) is 0 Å². The highest BCUT2D eigenvalue weighted by Crippen LogP contribution is 1.98. The molecule has 0 saturated heterocycles. The first-order chi connectivity index (χ1) is 7.56. The second kappa shape index (κ2) is 7.77. The molecule has 0 atom stereocenters. The largest absolute Gasteiger partial charge is 0.467 e. The second-order valence-electron chi connectivity index (χ2n) is 2.71. The molecule has 0 unspecified atom stereocenters. The van der Waals surface area contributed by atoms with Crippen molar-refractivity contribution in [1.29, 1.82) is 0 Å². The standard InChI is InChI=1S/C9H14O7/c1-13-4-6(10)5-16-7(8(11)14-2)9(12)15-3/h7H,4-5H2,1-3H3. The molecule has 0 N–H and O–H groups in total. The van der Waals surface area contributed by atoms with Gasteiger partial charge in [-0.15, -0.1) is 0 Å². The molecule has 0 amide bonds. The van der Waals surface area contributed by atoms with Gasteiger partial charge in [0.1, 0.15) is 13.2 Å². The van der Waals surface area contributed by atoms with E-state index in [0.29, 0.717) is 0 Å². The Labute approximate surface area is 92.6 Å². The van der Waals surface area contributed by atoms with E-state index in [2.05, 4.69) is 14.2 Å². The Morgan fingerprint density at radius 3 is 1.81 bits per heavy atom. The van der Waals surface area contributed by atoms with Crippen molar-refractivity contribution in [3.05, 3.63) is 0 Å². The average Bonchev–Trinajstić information content (AvgIpc) is 2.28. The third-order valence-corrected chi connectivity index (χ3v) is 1.55. The van der Waals surface area contributed by atoms with Crippen LogP contribution in [-0.4, -0.2) is 58.4 Å². The van der Waals surface area contributed by atoms with Gasteiger partial charge in [0.25, 0.3) is 6.10 Å². The molecule has 7 heteroatoms. The quantitative estimate of drug-likeness (QED) is 0.409. The normalized spacial score (nSPS) is 10.0. The molecule has 92 valence electrons. The van der Waals surface area contributed by atoms with Gasteiger partial charge in [-0.2, -0.15) is 0 Å². The Balaban J connectivity index is 4.28. The molecule has 0 aliphatic rings. The molecule has 0 aliphatic heterocycles. The van der Waals surface area contributed by atoms with E-state index in [4.69, 9.17) is 4.74 Å². The minimum absolute atomic E-state index is 0.158. The first-order valence-corrected chi connectivity index (χ1v) is 4.34. The lowest BCUT2D eigenvalue weighted by atomic mass is 10.3. The number of Topliss-reactive ketones (excluding diaryl/α,β-unsaturated/α-hetero) is 1. The van der Waals surface area contributed by atoms with Gasteiger partial charge in [-0.25, -0.2) is 9.59 Å². The van der Waals surface area contributed by atoms with Crippen LogP contribution < -0.4 is 0 Å². The zero-order chi connectivity index (χ0) is 12.6. The number of rotatable bonds is 7. The monoisotopic (exact) mass is 234 g/mol. The lowest BCUT2D eigenvalue weighted by Crippen LogP contribution is -2.36. The van der Waals surface area contributed by atoms with Gasteiger partial charge in [-0.05, 0) is 0 Å². The van der Waals surface area contributed by atoms with E-state index in [1.54, 1.807) is 0 Å². The number of ether oxygens (including phenoxy) is 4. The van der Waals surface area contributed by atoms with Crippen molar-refractivity contribution in [2.24, 2.45) is 0 Å². The fraction of sp³-hybridized carbons (Fsp3) is 0.667. The van der Waals surface area contributed by atoms with Crippen molar-refractivity contribution in [2.45, 2.75) is 6.10 Å². The van der Waals surface area contributed by atoms with E-state index in [1.807, 2.05) is 0 Å². The highest BCUT2D eigenvalue weighted by molar-refractivity contribution is 5.98. The third-order valence-electron chi connectivity index (χ3n) is 1.55. The molecule has 7 nitrogen and oxygen atoms in total. The summed E-state index contributed by atoms with van der Waals surface area (Å²) in [4.78, 5) is 33.2. The van der Waals surface area contributed by atoms with Gasteiger partial charge < -0.3 is 18.9 Å². The number of esters is 2. The van der Waals surface area contributed by atoms with Crippen LogP contribution in [0.5, 0.6) is 0 Å². The van der Waals surface area contributed by atoms with Gasteiger partial charge in [0, 0.05) is 7.11 Å². The van der Waals surface area contributed by atoms with Gasteiger partial charge in [0.05, 0.1) is 14.2 Å². The summed E-state index contributed by atoms with van der Waals surface area (Å²) in [6.45, 7) is -0.586. The van der Waals surface area contributed by atoms with Gasteiger partial charge >= 0.3 is 11.9 Å². The second-order valence-corrected chi connectivity index (χ2v) is 2.71. The van der Waals surface area contributed by atoms with Crippen molar-refractivity contribution < 1.29 is 33.3 Å². The van der Waals surface area contributed by atoms with Crippen molar-refractivity contribution in [1.82, 2.24) is 0 Å². The summed E-state index contributed by atoms with van der Waals surface area (Å²) in [5.74, 6) is -2.24. The highest BCUT2D eigenvalue weighted by atomic mass is 16.6. The molecule has 0 aromatic carbocycles. The summed E-state index contributed by atoms with van der Waals surface area (Å²) >= 11 is 0. The summed E-state index contributed by atoms with van der Waals surface area (Å²) in [7, 11) is 3.53. The maximum absolute atomic E-state index is 11.1. The molecule has 0 bridgehead atoms. The number of hydrogen-bond donors (Lipinski definition) is 0. The Morgan fingerprint density at radius 2 is 1.44 bits per heavy atom. The van der Waals surface area contributed by atoms with Crippen LogP contribution in [0.25, 0.3) is 0 Å². The summed E-state index contributed by atoms with van der Waals surface area (Å²) in [5, 5.41) is 0. The molecular formula is C9H14O7. The number of carbonyl (C=O) groups excluding carboxylic acids is 3. The van der Waals surface area contributed by atoms with E-state index in [9.17, 15) is 14.4 Å². The van der Waals surface area contributed by atoms with Crippen LogP contribution in [0.4, 0.5) is 0 Å². The number of hydrogen-bond acceptors (Lipinski definition) is 7. The topological polar surface area (TPSA) is 88.1 Å². The molecule has 16 heavy (non-hydrogen) atoms. The van der Waals surface area contributed by atoms with Crippen LogP contribution in [0.2, 0.25) is 0 Å². The minimum Gasteiger partial charge on any atom is -0.467 e. The minimum atomic E-state index is -1.55. The van der Waals surface area contributed by atoms with E-state index in [-0.39, 0.29) is 6.61 Å². The maximum atomic E-state index is 11.1. The van der Waals surface area contributed by atoms with Gasteiger partial charge in [0.15, 0.2) is 5.78 Å². The number of carbonyl (C=O) groups is 3. The van der Waals surface area contributed by atoms with Crippen molar-refractivity contribution >= 4 is 17.7 Å². The molecule has 0 aromatic rings. The van der Waals surface area contributed by atoms with Crippen LogP contribution in [0, 0.1) is 0 Å². The molecule has 0 fully saturated rings. The zero-order valence-electron chi connectivity index (χ0n) is 9.35. The van der Waals surface area contributed by atoms with Crippen molar-refractivity contribution in [3.8, 4) is 0 Å². The average molecular weight is 234 g/mol. The lowest BCUT2D eigenvalue weighted by Gasteiger charge is -2.12. The molecule has 0 radical (unpaired) electrons. The first kappa shape index (κ1) is 14.5. The van der Waals surface area contributed by atoms with Crippen LogP contribution in [0.1, 0.15) is 0 Å². The van der Waals surface area contributed by atoms with E-state index < -0.39 is 30.4 Å². The van der Waals surface area contributed by atoms with Gasteiger partial charge in [0.2, 0.25) is 0 Å². The fourth-order valence-corrected chi connectivity index (χ4v) is 0.825. The molecule has 0 heterocycles. The van der Waals surface area contributed by atoms with E-state index in [0.717, 1.165) is 14.2 Å². The van der Waals surface area contributed by atoms with Crippen LogP contribution in [0.3, 0.4) is 0 Å². The Bertz CT molecular complexity index is 245. The molecular weight excluding hydrogens is 220 g/mol. The lowest BCUT2D eigenvalue weighted by molar-refractivity contribution is -0.170. The predicted molar refractivity (Wildman–Crippen MR) is 50.7 cm³/mol. The SMILES string of the molecule is COCC(=O)COC(C(=O)OC)C(=O)OC. The van der Waals surface area contributed by atoms with Crippen LogP contribution in [0.15, 0.2) is 0 Å². The van der Waals surface area contributed by atoms with Gasteiger partial charge in [-0.3, -0.25) is 4.79 Å². The smallest absolute Gasteiger partial charge is 0.346 e. The molecule has 0 aromatic heterocycles. The Morgan fingerprint density at radius 1 is 0.938 bits per heavy atom. The fourth-order valence-electron chi connectivity index (χ4n) is 0.825. The molecule has 0 spiro atoms. The molecule has 0 aliphatic carbocycles. The number of ketones is 1. The van der Waals surface area contributed by atoms with Crippen molar-refractivity contribution in [2.75, 3.05) is 34.5 Å². The summed E-state index contributed by atoms with van der Waals surface area (Å²) in [6.07, 6.45) is -1.55. The Kier molecular flexibility index (Phi) is 7.06. The van der Waals surface area contributed by atoms with Crippen LogP contribution >= 0.6 is 0 Å². The van der Waals surface area contributed by atoms with E-state index >= 15 is 0 Å². The van der Waals surface area contributed by atoms with Crippen LogP contribution in [-0.2, 0) is 33.3 Å². The first-order valence-electron chi connectivity index (χ1n) is 4.34. The van der Waals surface area contributed by atoms with E-state index in [1.165, 1.54) is 7.11 Å². The molecule has 0 rings (SSSR count). The summed E-state index contributed by atoms with van der Waals surface area (Å²) in [6, 6.07) is 0. The maximum Gasteiger partial charge on any atom is 0.346 e.